The summed E-state index contributed by atoms with van der Waals surface area (Å²) in [6, 6.07) is 17.9. The molecule has 0 saturated carbocycles. The molecular formula is C18H21NO2. The fraction of sp³-hybridized carbons (Fsp3) is 0.333. The van der Waals surface area contributed by atoms with Gasteiger partial charge in [0, 0.05) is 24.9 Å². The Morgan fingerprint density at radius 3 is 2.71 bits per heavy atom. The zero-order chi connectivity index (χ0) is 14.3. The third-order valence-corrected chi connectivity index (χ3v) is 3.63. The van der Waals surface area contributed by atoms with E-state index in [9.17, 15) is 0 Å². The molecule has 110 valence electrons. The van der Waals surface area contributed by atoms with Gasteiger partial charge in [-0.1, -0.05) is 24.3 Å². The van der Waals surface area contributed by atoms with E-state index in [-0.39, 0.29) is 0 Å². The fourth-order valence-electron chi connectivity index (χ4n) is 2.54. The molecule has 0 bridgehead atoms. The van der Waals surface area contributed by atoms with Crippen molar-refractivity contribution in [1.29, 1.82) is 0 Å². The first kappa shape index (κ1) is 14.0. The third-order valence-electron chi connectivity index (χ3n) is 3.63. The van der Waals surface area contributed by atoms with Gasteiger partial charge in [0.1, 0.15) is 11.5 Å². The Hall–Kier alpha value is -2.00. The molecule has 3 nitrogen and oxygen atoms in total. The SMILES string of the molecule is c1ccc(Oc2cccc(NCCC3CCCO3)c2)cc1. The summed E-state index contributed by atoms with van der Waals surface area (Å²) in [7, 11) is 0. The van der Waals surface area contributed by atoms with E-state index in [0.29, 0.717) is 6.10 Å². The molecule has 0 radical (unpaired) electrons. The van der Waals surface area contributed by atoms with Gasteiger partial charge in [-0.2, -0.15) is 0 Å². The molecule has 1 unspecified atom stereocenters. The highest BCUT2D eigenvalue weighted by Gasteiger charge is 2.14. The Balaban J connectivity index is 1.53. The molecule has 3 heteroatoms. The molecule has 1 aliphatic heterocycles. The second kappa shape index (κ2) is 7.14. The molecule has 2 aromatic carbocycles. The number of rotatable bonds is 6. The molecule has 0 aliphatic carbocycles. The minimum atomic E-state index is 0.432. The number of nitrogens with one attached hydrogen (secondary N) is 1. The fourth-order valence-corrected chi connectivity index (χ4v) is 2.54. The monoisotopic (exact) mass is 283 g/mol. The number of hydrogen-bond acceptors (Lipinski definition) is 3. The Morgan fingerprint density at radius 1 is 1.05 bits per heavy atom. The molecule has 21 heavy (non-hydrogen) atoms. The standard InChI is InChI=1S/C18H21NO2/c1-2-7-17(8-3-1)21-18-9-4-6-15(14-18)19-12-11-16-10-5-13-20-16/h1-4,6-9,14,16,19H,5,10-13H2. The maximum Gasteiger partial charge on any atom is 0.129 e. The highest BCUT2D eigenvalue weighted by molar-refractivity contribution is 5.49. The zero-order valence-corrected chi connectivity index (χ0v) is 12.1. The van der Waals surface area contributed by atoms with Gasteiger partial charge in [-0.05, 0) is 43.5 Å². The van der Waals surface area contributed by atoms with Crippen LogP contribution < -0.4 is 10.1 Å². The first-order valence-corrected chi connectivity index (χ1v) is 7.58. The van der Waals surface area contributed by atoms with Crippen molar-refractivity contribution < 1.29 is 9.47 Å². The Labute approximate surface area is 125 Å². The van der Waals surface area contributed by atoms with Crippen LogP contribution in [0.3, 0.4) is 0 Å². The van der Waals surface area contributed by atoms with Crippen LogP contribution in [0.1, 0.15) is 19.3 Å². The second-order valence-electron chi connectivity index (χ2n) is 5.29. The third kappa shape index (κ3) is 4.23. The first-order valence-electron chi connectivity index (χ1n) is 7.58. The van der Waals surface area contributed by atoms with E-state index in [2.05, 4.69) is 11.4 Å². The van der Waals surface area contributed by atoms with Gasteiger partial charge in [-0.3, -0.25) is 0 Å². The van der Waals surface area contributed by atoms with Crippen LogP contribution >= 0.6 is 0 Å². The minimum absolute atomic E-state index is 0.432. The molecule has 3 rings (SSSR count). The number of hydrogen-bond donors (Lipinski definition) is 1. The lowest BCUT2D eigenvalue weighted by atomic mass is 10.2. The van der Waals surface area contributed by atoms with Crippen LogP contribution in [0.25, 0.3) is 0 Å². The summed E-state index contributed by atoms with van der Waals surface area (Å²) < 4.78 is 11.5. The summed E-state index contributed by atoms with van der Waals surface area (Å²) in [5, 5.41) is 3.44. The summed E-state index contributed by atoms with van der Waals surface area (Å²) in [5.74, 6) is 1.71. The topological polar surface area (TPSA) is 30.5 Å². The Kier molecular flexibility index (Phi) is 4.74. The van der Waals surface area contributed by atoms with Gasteiger partial charge >= 0.3 is 0 Å². The molecule has 0 amide bonds. The van der Waals surface area contributed by atoms with Crippen molar-refractivity contribution >= 4 is 5.69 Å². The van der Waals surface area contributed by atoms with Gasteiger partial charge < -0.3 is 14.8 Å². The second-order valence-corrected chi connectivity index (χ2v) is 5.29. The van der Waals surface area contributed by atoms with Crippen LogP contribution in [-0.4, -0.2) is 19.3 Å². The molecule has 2 aromatic rings. The molecule has 1 saturated heterocycles. The van der Waals surface area contributed by atoms with Crippen LogP contribution in [-0.2, 0) is 4.74 Å². The summed E-state index contributed by atoms with van der Waals surface area (Å²) >= 11 is 0. The molecule has 1 aliphatic rings. The van der Waals surface area contributed by atoms with Crippen molar-refractivity contribution in [2.45, 2.75) is 25.4 Å². The van der Waals surface area contributed by atoms with Crippen LogP contribution in [0, 0.1) is 0 Å². The average Bonchev–Trinajstić information content (AvgIpc) is 3.02. The van der Waals surface area contributed by atoms with E-state index in [1.165, 1.54) is 12.8 Å². The summed E-state index contributed by atoms with van der Waals surface area (Å²) in [4.78, 5) is 0. The van der Waals surface area contributed by atoms with Crippen molar-refractivity contribution in [3.8, 4) is 11.5 Å². The van der Waals surface area contributed by atoms with Crippen LogP contribution in [0.2, 0.25) is 0 Å². The van der Waals surface area contributed by atoms with Gasteiger partial charge in [0.05, 0.1) is 6.10 Å². The van der Waals surface area contributed by atoms with E-state index < -0.39 is 0 Å². The van der Waals surface area contributed by atoms with E-state index in [1.54, 1.807) is 0 Å². The first-order chi connectivity index (χ1) is 10.4. The molecular weight excluding hydrogens is 262 g/mol. The molecule has 1 fully saturated rings. The number of anilines is 1. The maximum atomic E-state index is 5.83. The van der Waals surface area contributed by atoms with Crippen molar-refractivity contribution in [1.82, 2.24) is 0 Å². The summed E-state index contributed by atoms with van der Waals surface area (Å²) in [5.41, 5.74) is 1.08. The Morgan fingerprint density at radius 2 is 1.90 bits per heavy atom. The molecule has 1 heterocycles. The lowest BCUT2D eigenvalue weighted by Crippen LogP contribution is -2.12. The highest BCUT2D eigenvalue weighted by Crippen LogP contribution is 2.24. The smallest absolute Gasteiger partial charge is 0.129 e. The number of ether oxygens (including phenoxy) is 2. The molecule has 1 atom stereocenters. The van der Waals surface area contributed by atoms with Crippen molar-refractivity contribution in [2.75, 3.05) is 18.5 Å². The Bertz CT molecular complexity index is 550. The largest absolute Gasteiger partial charge is 0.457 e. The molecule has 0 aromatic heterocycles. The van der Waals surface area contributed by atoms with Gasteiger partial charge in [-0.25, -0.2) is 0 Å². The van der Waals surface area contributed by atoms with Gasteiger partial charge in [-0.15, -0.1) is 0 Å². The van der Waals surface area contributed by atoms with Gasteiger partial charge in [0.15, 0.2) is 0 Å². The average molecular weight is 283 g/mol. The number of para-hydroxylation sites is 1. The lowest BCUT2D eigenvalue weighted by Gasteiger charge is -2.12. The van der Waals surface area contributed by atoms with Crippen LogP contribution in [0.5, 0.6) is 11.5 Å². The quantitative estimate of drug-likeness (QED) is 0.849. The number of benzene rings is 2. The predicted molar refractivity (Wildman–Crippen MR) is 85.0 cm³/mol. The maximum absolute atomic E-state index is 5.83. The van der Waals surface area contributed by atoms with Crippen molar-refractivity contribution in [3.63, 3.8) is 0 Å². The van der Waals surface area contributed by atoms with Gasteiger partial charge in [0.25, 0.3) is 0 Å². The summed E-state index contributed by atoms with van der Waals surface area (Å²) in [6.07, 6.45) is 3.88. The van der Waals surface area contributed by atoms with E-state index >= 15 is 0 Å². The minimum Gasteiger partial charge on any atom is -0.457 e. The van der Waals surface area contributed by atoms with Crippen molar-refractivity contribution in [2.24, 2.45) is 0 Å². The van der Waals surface area contributed by atoms with Crippen LogP contribution in [0.4, 0.5) is 5.69 Å². The van der Waals surface area contributed by atoms with E-state index in [0.717, 1.165) is 36.8 Å². The van der Waals surface area contributed by atoms with Gasteiger partial charge in [0.2, 0.25) is 0 Å². The van der Waals surface area contributed by atoms with Crippen molar-refractivity contribution in [3.05, 3.63) is 54.6 Å². The summed E-state index contributed by atoms with van der Waals surface area (Å²) in [6.45, 7) is 1.85. The molecule has 0 spiro atoms. The predicted octanol–water partition coefficient (Wildman–Crippen LogP) is 4.46. The highest BCUT2D eigenvalue weighted by atomic mass is 16.5. The zero-order valence-electron chi connectivity index (χ0n) is 12.1. The molecule has 1 N–H and O–H groups in total. The normalized spacial score (nSPS) is 17.6. The lowest BCUT2D eigenvalue weighted by molar-refractivity contribution is 0.107. The van der Waals surface area contributed by atoms with E-state index in [1.807, 2.05) is 48.5 Å². The van der Waals surface area contributed by atoms with E-state index in [4.69, 9.17) is 9.47 Å². The van der Waals surface area contributed by atoms with Crippen LogP contribution in [0.15, 0.2) is 54.6 Å².